The van der Waals surface area contributed by atoms with Crippen LogP contribution in [-0.4, -0.2) is 47.4 Å². The van der Waals surface area contributed by atoms with E-state index in [1.807, 2.05) is 0 Å². The van der Waals surface area contributed by atoms with Crippen LogP contribution in [0.25, 0.3) is 10.9 Å². The molecule has 1 aliphatic rings. The molecule has 23 heavy (non-hydrogen) atoms. The number of nitro groups is 1. The lowest BCUT2D eigenvalue weighted by Gasteiger charge is -2.32. The molecule has 0 radical (unpaired) electrons. The van der Waals surface area contributed by atoms with E-state index in [0.29, 0.717) is 5.52 Å². The fraction of sp³-hybridized carbons (Fsp3) is 0.385. The van der Waals surface area contributed by atoms with Crippen LogP contribution in [0.1, 0.15) is 6.92 Å². The van der Waals surface area contributed by atoms with Crippen molar-refractivity contribution in [1.82, 2.24) is 9.97 Å². The quantitative estimate of drug-likeness (QED) is 0.622. The van der Waals surface area contributed by atoms with Gasteiger partial charge in [-0.2, -0.15) is 0 Å². The molecular weight excluding hydrogens is 324 g/mol. The van der Waals surface area contributed by atoms with Gasteiger partial charge >= 0.3 is 0 Å². The average Bonchev–Trinajstić information content (AvgIpc) is 2.49. The van der Waals surface area contributed by atoms with Gasteiger partial charge in [0.25, 0.3) is 11.2 Å². The van der Waals surface area contributed by atoms with Crippen molar-refractivity contribution in [1.29, 1.82) is 0 Å². The van der Waals surface area contributed by atoms with Crippen LogP contribution in [0.2, 0.25) is 0 Å². The van der Waals surface area contributed by atoms with Gasteiger partial charge in [-0.15, -0.1) is 0 Å². The van der Waals surface area contributed by atoms with E-state index >= 15 is 0 Å². The second-order valence-electron chi connectivity index (χ2n) is 5.47. The minimum Gasteiger partial charge on any atom is -0.364 e. The van der Waals surface area contributed by atoms with Gasteiger partial charge in [0.15, 0.2) is 9.84 Å². The molecule has 0 aliphatic carbocycles. The van der Waals surface area contributed by atoms with Gasteiger partial charge < -0.3 is 9.88 Å². The minimum absolute atomic E-state index is 0.0633. The maximum Gasteiger partial charge on any atom is 0.293 e. The number of fused-ring (bicyclic) bond motifs is 1. The van der Waals surface area contributed by atoms with Crippen molar-refractivity contribution >= 4 is 32.1 Å². The van der Waals surface area contributed by atoms with Crippen molar-refractivity contribution in [2.45, 2.75) is 12.2 Å². The number of H-pyrrole nitrogens is 1. The highest BCUT2D eigenvalue weighted by molar-refractivity contribution is 7.92. The highest BCUT2D eigenvalue weighted by Gasteiger charge is 2.32. The maximum atomic E-state index is 11.8. The molecule has 2 aromatic rings. The first-order valence-corrected chi connectivity index (χ1v) is 8.63. The molecule has 2 heterocycles. The van der Waals surface area contributed by atoms with Gasteiger partial charge in [-0.3, -0.25) is 14.9 Å². The van der Waals surface area contributed by atoms with Gasteiger partial charge in [-0.1, -0.05) is 0 Å². The van der Waals surface area contributed by atoms with E-state index in [-0.39, 0.29) is 35.6 Å². The van der Waals surface area contributed by atoms with Crippen LogP contribution in [-0.2, 0) is 9.84 Å². The fourth-order valence-corrected chi connectivity index (χ4v) is 3.95. The van der Waals surface area contributed by atoms with Gasteiger partial charge in [0, 0.05) is 19.2 Å². The zero-order valence-electron chi connectivity index (χ0n) is 12.2. The van der Waals surface area contributed by atoms with Gasteiger partial charge in [-0.25, -0.2) is 13.4 Å². The van der Waals surface area contributed by atoms with Crippen molar-refractivity contribution < 1.29 is 13.3 Å². The summed E-state index contributed by atoms with van der Waals surface area (Å²) in [5.41, 5.74) is -0.0838. The van der Waals surface area contributed by atoms with Gasteiger partial charge in [0.1, 0.15) is 5.69 Å². The summed E-state index contributed by atoms with van der Waals surface area (Å²) in [6.07, 6.45) is 1.23. The van der Waals surface area contributed by atoms with Gasteiger partial charge in [0.2, 0.25) is 0 Å². The van der Waals surface area contributed by atoms with Crippen LogP contribution in [0.15, 0.2) is 23.3 Å². The molecule has 10 heteroatoms. The molecule has 1 aliphatic heterocycles. The lowest BCUT2D eigenvalue weighted by Crippen LogP contribution is -2.45. The first-order chi connectivity index (χ1) is 10.8. The number of benzene rings is 1. The summed E-state index contributed by atoms with van der Waals surface area (Å²) in [4.78, 5) is 30.6. The number of anilines is 1. The number of aromatic nitrogens is 2. The summed E-state index contributed by atoms with van der Waals surface area (Å²) >= 11 is 0. The molecule has 1 fully saturated rings. The molecule has 0 saturated carbocycles. The zero-order valence-corrected chi connectivity index (χ0v) is 13.0. The molecule has 1 unspecified atom stereocenters. The number of hydrogen-bond donors (Lipinski definition) is 1. The highest BCUT2D eigenvalue weighted by Crippen LogP contribution is 2.33. The standard InChI is InChI=1S/C13H14N4O5S/c1-8-6-16(2-3-23(8,21)22)11-5-10-9(4-12(11)17(19)20)13(18)15-7-14-10/h4-5,7-8H,2-3,6H2,1H3,(H,14,15,18). The van der Waals surface area contributed by atoms with Crippen LogP contribution in [0.5, 0.6) is 0 Å². The number of nitro benzene ring substituents is 1. The monoisotopic (exact) mass is 338 g/mol. The van der Waals surface area contributed by atoms with E-state index in [2.05, 4.69) is 9.97 Å². The van der Waals surface area contributed by atoms with Crippen molar-refractivity contribution in [3.8, 4) is 0 Å². The first-order valence-electron chi connectivity index (χ1n) is 6.92. The normalized spacial score (nSPS) is 20.6. The molecule has 122 valence electrons. The van der Waals surface area contributed by atoms with Crippen LogP contribution >= 0.6 is 0 Å². The minimum atomic E-state index is -3.17. The Balaban J connectivity index is 2.15. The van der Waals surface area contributed by atoms with Crippen LogP contribution < -0.4 is 10.5 Å². The molecule has 0 amide bonds. The lowest BCUT2D eigenvalue weighted by molar-refractivity contribution is -0.384. The summed E-state index contributed by atoms with van der Waals surface area (Å²) in [6.45, 7) is 1.91. The molecule has 1 atom stereocenters. The van der Waals surface area contributed by atoms with E-state index in [0.717, 1.165) is 0 Å². The van der Waals surface area contributed by atoms with Gasteiger partial charge in [-0.05, 0) is 13.0 Å². The first kappa shape index (κ1) is 15.4. The third kappa shape index (κ3) is 2.65. The highest BCUT2D eigenvalue weighted by atomic mass is 32.2. The van der Waals surface area contributed by atoms with Crippen molar-refractivity contribution in [2.75, 3.05) is 23.7 Å². The molecule has 0 spiro atoms. The Hall–Kier alpha value is -2.49. The fourth-order valence-electron chi connectivity index (χ4n) is 2.66. The molecule has 1 aromatic heterocycles. The van der Waals surface area contributed by atoms with Crippen molar-refractivity contribution in [3.05, 3.63) is 38.9 Å². The third-order valence-corrected chi connectivity index (χ3v) is 6.14. The Morgan fingerprint density at radius 1 is 1.43 bits per heavy atom. The number of hydrogen-bond acceptors (Lipinski definition) is 7. The molecule has 1 N–H and O–H groups in total. The Bertz CT molecular complexity index is 952. The molecular formula is C13H14N4O5S. The SMILES string of the molecule is CC1CN(c2cc3nc[nH]c(=O)c3cc2[N+](=O)[O-])CCS1(=O)=O. The van der Waals surface area contributed by atoms with Crippen LogP contribution in [0, 0.1) is 10.1 Å². The predicted molar refractivity (Wildman–Crippen MR) is 84.5 cm³/mol. The number of rotatable bonds is 2. The van der Waals surface area contributed by atoms with E-state index < -0.39 is 25.6 Å². The van der Waals surface area contributed by atoms with Crippen molar-refractivity contribution in [2.24, 2.45) is 0 Å². The average molecular weight is 338 g/mol. The second-order valence-corrected chi connectivity index (χ2v) is 8.01. The zero-order chi connectivity index (χ0) is 16.8. The summed E-state index contributed by atoms with van der Waals surface area (Å²) in [6, 6.07) is 2.65. The summed E-state index contributed by atoms with van der Waals surface area (Å²) in [5, 5.41) is 10.9. The Morgan fingerprint density at radius 2 is 2.17 bits per heavy atom. The number of sulfone groups is 1. The molecule has 0 bridgehead atoms. The third-order valence-electron chi connectivity index (χ3n) is 4.01. The van der Waals surface area contributed by atoms with Gasteiger partial charge in [0.05, 0.1) is 33.2 Å². The predicted octanol–water partition coefficient (Wildman–Crippen LogP) is 0.455. The Morgan fingerprint density at radius 3 is 2.83 bits per heavy atom. The van der Waals surface area contributed by atoms with Crippen LogP contribution in [0.3, 0.4) is 0 Å². The molecule has 1 aromatic carbocycles. The Labute approximate surface area is 131 Å². The summed E-state index contributed by atoms with van der Waals surface area (Å²) in [7, 11) is -3.17. The number of aromatic amines is 1. The summed E-state index contributed by atoms with van der Waals surface area (Å²) in [5.74, 6) is -0.0633. The molecule has 9 nitrogen and oxygen atoms in total. The van der Waals surface area contributed by atoms with Crippen LogP contribution in [0.4, 0.5) is 11.4 Å². The number of nitrogens with one attached hydrogen (secondary N) is 1. The molecule has 1 saturated heterocycles. The number of nitrogens with zero attached hydrogens (tertiary/aromatic N) is 3. The Kier molecular flexibility index (Phi) is 3.55. The maximum absolute atomic E-state index is 11.8. The van der Waals surface area contributed by atoms with E-state index in [1.165, 1.54) is 18.5 Å². The van der Waals surface area contributed by atoms with E-state index in [1.54, 1.807) is 11.8 Å². The van der Waals surface area contributed by atoms with E-state index in [9.17, 15) is 23.3 Å². The topological polar surface area (TPSA) is 126 Å². The van der Waals surface area contributed by atoms with E-state index in [4.69, 9.17) is 0 Å². The van der Waals surface area contributed by atoms with Crippen molar-refractivity contribution in [3.63, 3.8) is 0 Å². The lowest BCUT2D eigenvalue weighted by atomic mass is 10.1. The smallest absolute Gasteiger partial charge is 0.293 e. The second kappa shape index (κ2) is 5.30. The molecule has 3 rings (SSSR count). The largest absolute Gasteiger partial charge is 0.364 e. The summed E-state index contributed by atoms with van der Waals surface area (Å²) < 4.78 is 23.6.